The average molecular weight is 425 g/mol. The van der Waals surface area contributed by atoms with E-state index in [1.165, 1.54) is 35.2 Å². The number of carbonyl (C=O) groups excluding carboxylic acids is 1. The summed E-state index contributed by atoms with van der Waals surface area (Å²) in [5.74, 6) is -0.791. The van der Waals surface area contributed by atoms with Crippen molar-refractivity contribution in [2.75, 3.05) is 5.32 Å². The first-order valence-electron chi connectivity index (χ1n) is 8.83. The maximum Gasteiger partial charge on any atom is 0.275 e. The van der Waals surface area contributed by atoms with Gasteiger partial charge in [0, 0.05) is 36.1 Å². The second-order valence-corrected chi connectivity index (χ2v) is 8.26. The standard InChI is InChI=1S/C21H17FN4OS2/c1-26-10-9-23-21(26)29-18-8-7-15(22)12-16(18)25-20(27)17-13-28-19(24-17)11-14-5-3-2-4-6-14/h2-10,12-13H,11H2,1H3,(H,25,27). The molecule has 1 N–H and O–H groups in total. The van der Waals surface area contributed by atoms with Crippen molar-refractivity contribution in [1.29, 1.82) is 0 Å². The van der Waals surface area contributed by atoms with Crippen LogP contribution in [-0.4, -0.2) is 20.4 Å². The number of benzene rings is 2. The number of amides is 1. The minimum absolute atomic E-state index is 0.318. The normalized spacial score (nSPS) is 10.8. The molecule has 146 valence electrons. The van der Waals surface area contributed by atoms with Gasteiger partial charge in [-0.2, -0.15) is 0 Å². The predicted molar refractivity (Wildman–Crippen MR) is 113 cm³/mol. The van der Waals surface area contributed by atoms with Gasteiger partial charge in [-0.15, -0.1) is 11.3 Å². The lowest BCUT2D eigenvalue weighted by atomic mass is 10.2. The van der Waals surface area contributed by atoms with Gasteiger partial charge in [-0.3, -0.25) is 4.79 Å². The molecule has 0 radical (unpaired) electrons. The Labute approximate surface area is 175 Å². The molecule has 2 heterocycles. The van der Waals surface area contributed by atoms with Crippen molar-refractivity contribution in [2.24, 2.45) is 7.05 Å². The van der Waals surface area contributed by atoms with Crippen LogP contribution in [0, 0.1) is 5.82 Å². The number of aryl methyl sites for hydroxylation is 1. The Kier molecular flexibility index (Phi) is 5.73. The van der Waals surface area contributed by atoms with E-state index in [-0.39, 0.29) is 5.91 Å². The van der Waals surface area contributed by atoms with Gasteiger partial charge in [0.2, 0.25) is 0 Å². The molecule has 0 spiro atoms. The molecule has 8 heteroatoms. The SMILES string of the molecule is Cn1ccnc1Sc1ccc(F)cc1NC(=O)c1csc(Cc2ccccc2)n1. The number of rotatable bonds is 6. The van der Waals surface area contributed by atoms with Crippen LogP contribution in [0.15, 0.2) is 76.4 Å². The molecule has 0 aliphatic rings. The van der Waals surface area contributed by atoms with Gasteiger partial charge in [0.25, 0.3) is 5.91 Å². The molecule has 2 aromatic carbocycles. The number of nitrogens with zero attached hydrogens (tertiary/aromatic N) is 3. The van der Waals surface area contributed by atoms with Gasteiger partial charge in [-0.1, -0.05) is 30.3 Å². The minimum atomic E-state index is -0.424. The molecule has 2 aromatic heterocycles. The first-order chi connectivity index (χ1) is 14.1. The van der Waals surface area contributed by atoms with Crippen LogP contribution in [0.2, 0.25) is 0 Å². The Hall–Kier alpha value is -2.97. The first-order valence-corrected chi connectivity index (χ1v) is 10.5. The number of aromatic nitrogens is 3. The van der Waals surface area contributed by atoms with Gasteiger partial charge in [0.15, 0.2) is 5.16 Å². The van der Waals surface area contributed by atoms with Crippen LogP contribution in [-0.2, 0) is 13.5 Å². The van der Waals surface area contributed by atoms with E-state index in [1.54, 1.807) is 17.6 Å². The fraction of sp³-hybridized carbons (Fsp3) is 0.0952. The monoisotopic (exact) mass is 424 g/mol. The average Bonchev–Trinajstić information content (AvgIpc) is 3.34. The van der Waals surface area contributed by atoms with Gasteiger partial charge >= 0.3 is 0 Å². The molecule has 4 rings (SSSR count). The number of anilines is 1. The van der Waals surface area contributed by atoms with Crippen LogP contribution in [0.1, 0.15) is 21.1 Å². The molecule has 0 saturated heterocycles. The molecule has 0 unspecified atom stereocenters. The largest absolute Gasteiger partial charge is 0.329 e. The maximum atomic E-state index is 13.8. The number of carbonyl (C=O) groups is 1. The highest BCUT2D eigenvalue weighted by molar-refractivity contribution is 7.99. The van der Waals surface area contributed by atoms with Crippen molar-refractivity contribution in [3.8, 4) is 0 Å². The molecular weight excluding hydrogens is 407 g/mol. The zero-order chi connectivity index (χ0) is 20.2. The minimum Gasteiger partial charge on any atom is -0.329 e. The van der Waals surface area contributed by atoms with Crippen LogP contribution in [0.4, 0.5) is 10.1 Å². The smallest absolute Gasteiger partial charge is 0.275 e. The third kappa shape index (κ3) is 4.72. The van der Waals surface area contributed by atoms with Crippen LogP contribution >= 0.6 is 23.1 Å². The Morgan fingerprint density at radius 1 is 1.24 bits per heavy atom. The van der Waals surface area contributed by atoms with Crippen molar-refractivity contribution in [3.63, 3.8) is 0 Å². The third-order valence-electron chi connectivity index (χ3n) is 4.15. The van der Waals surface area contributed by atoms with Crippen molar-refractivity contribution < 1.29 is 9.18 Å². The van der Waals surface area contributed by atoms with Crippen molar-refractivity contribution >= 4 is 34.7 Å². The Balaban J connectivity index is 1.51. The number of halogens is 1. The summed E-state index contributed by atoms with van der Waals surface area (Å²) in [5.41, 5.74) is 1.84. The summed E-state index contributed by atoms with van der Waals surface area (Å²) in [4.78, 5) is 22.1. The second kappa shape index (κ2) is 8.59. The molecule has 0 bridgehead atoms. The van der Waals surface area contributed by atoms with Crippen molar-refractivity contribution in [1.82, 2.24) is 14.5 Å². The molecule has 0 aliphatic heterocycles. The lowest BCUT2D eigenvalue weighted by molar-refractivity contribution is 0.102. The van der Waals surface area contributed by atoms with E-state index >= 15 is 0 Å². The van der Waals surface area contributed by atoms with E-state index in [0.717, 1.165) is 15.7 Å². The molecule has 29 heavy (non-hydrogen) atoms. The predicted octanol–water partition coefficient (Wildman–Crippen LogP) is 5.01. The van der Waals surface area contributed by atoms with Crippen LogP contribution in [0.5, 0.6) is 0 Å². The number of hydrogen-bond acceptors (Lipinski definition) is 5. The number of hydrogen-bond donors (Lipinski definition) is 1. The summed E-state index contributed by atoms with van der Waals surface area (Å²) in [6.07, 6.45) is 4.18. The van der Waals surface area contributed by atoms with E-state index < -0.39 is 5.82 Å². The number of nitrogens with one attached hydrogen (secondary N) is 1. The number of imidazole rings is 1. The molecule has 5 nitrogen and oxygen atoms in total. The highest BCUT2D eigenvalue weighted by Gasteiger charge is 2.15. The van der Waals surface area contributed by atoms with Gasteiger partial charge in [-0.05, 0) is 35.5 Å². The maximum absolute atomic E-state index is 13.8. The van der Waals surface area contributed by atoms with Crippen LogP contribution in [0.25, 0.3) is 0 Å². The first kappa shape index (κ1) is 19.4. The lowest BCUT2D eigenvalue weighted by Crippen LogP contribution is -2.13. The van der Waals surface area contributed by atoms with Crippen molar-refractivity contribution in [2.45, 2.75) is 16.5 Å². The summed E-state index contributed by atoms with van der Waals surface area (Å²) < 4.78 is 15.7. The molecule has 0 saturated carbocycles. The van der Waals surface area contributed by atoms with Gasteiger partial charge in [0.05, 0.1) is 10.7 Å². The second-order valence-electron chi connectivity index (χ2n) is 6.31. The summed E-state index contributed by atoms with van der Waals surface area (Å²) in [7, 11) is 1.88. The highest BCUT2D eigenvalue weighted by atomic mass is 32.2. The van der Waals surface area contributed by atoms with Gasteiger partial charge < -0.3 is 9.88 Å². The zero-order valence-electron chi connectivity index (χ0n) is 15.5. The molecule has 4 aromatic rings. The Morgan fingerprint density at radius 3 is 2.83 bits per heavy atom. The summed E-state index contributed by atoms with van der Waals surface area (Å²) in [6.45, 7) is 0. The Bertz CT molecular complexity index is 1140. The molecule has 0 fully saturated rings. The molecule has 0 aliphatic carbocycles. The summed E-state index contributed by atoms with van der Waals surface area (Å²) in [6, 6.07) is 14.3. The molecule has 1 amide bonds. The highest BCUT2D eigenvalue weighted by Crippen LogP contribution is 2.33. The fourth-order valence-corrected chi connectivity index (χ4v) is 4.37. The van der Waals surface area contributed by atoms with E-state index in [1.807, 2.05) is 48.1 Å². The van der Waals surface area contributed by atoms with Gasteiger partial charge in [-0.25, -0.2) is 14.4 Å². The van der Waals surface area contributed by atoms with E-state index in [9.17, 15) is 9.18 Å². The molecule has 0 atom stereocenters. The third-order valence-corrected chi connectivity index (χ3v) is 6.15. The lowest BCUT2D eigenvalue weighted by Gasteiger charge is -2.10. The zero-order valence-corrected chi connectivity index (χ0v) is 17.1. The van der Waals surface area contributed by atoms with Crippen molar-refractivity contribution in [3.05, 3.63) is 88.4 Å². The topological polar surface area (TPSA) is 59.8 Å². The van der Waals surface area contributed by atoms with Crippen LogP contribution < -0.4 is 5.32 Å². The van der Waals surface area contributed by atoms with E-state index in [2.05, 4.69) is 15.3 Å². The van der Waals surface area contributed by atoms with Gasteiger partial charge in [0.1, 0.15) is 11.5 Å². The summed E-state index contributed by atoms with van der Waals surface area (Å²) >= 11 is 2.78. The van der Waals surface area contributed by atoms with Crippen LogP contribution in [0.3, 0.4) is 0 Å². The fourth-order valence-electron chi connectivity index (χ4n) is 2.69. The van der Waals surface area contributed by atoms with E-state index in [4.69, 9.17) is 0 Å². The molecular formula is C21H17FN4OS2. The van der Waals surface area contributed by atoms with E-state index in [0.29, 0.717) is 22.7 Å². The quantitative estimate of drug-likeness (QED) is 0.473. The Morgan fingerprint density at radius 2 is 2.07 bits per heavy atom. The number of thiazole rings is 1. The summed E-state index contributed by atoms with van der Waals surface area (Å²) in [5, 5.41) is 6.10.